The molecule has 90 valence electrons. The molecule has 1 saturated heterocycles. The molecular weight excluding hydrogens is 184 g/mol. The zero-order chi connectivity index (χ0) is 11.5. The Morgan fingerprint density at radius 1 is 1.33 bits per heavy atom. The van der Waals surface area contributed by atoms with Crippen LogP contribution in [-0.2, 0) is 0 Å². The van der Waals surface area contributed by atoms with Crippen molar-refractivity contribution in [3.63, 3.8) is 0 Å². The van der Waals surface area contributed by atoms with Gasteiger partial charge in [0.1, 0.15) is 0 Å². The Labute approximate surface area is 95.6 Å². The summed E-state index contributed by atoms with van der Waals surface area (Å²) < 4.78 is 0. The van der Waals surface area contributed by atoms with Crippen molar-refractivity contribution in [3.8, 4) is 0 Å². The van der Waals surface area contributed by atoms with Gasteiger partial charge in [-0.2, -0.15) is 0 Å². The summed E-state index contributed by atoms with van der Waals surface area (Å²) in [4.78, 5) is 5.07. The molecule has 0 amide bonds. The van der Waals surface area contributed by atoms with E-state index in [1.165, 1.54) is 39.1 Å². The maximum absolute atomic E-state index is 2.57. The van der Waals surface area contributed by atoms with Crippen LogP contribution in [0, 0.1) is 11.3 Å². The lowest BCUT2D eigenvalue weighted by Gasteiger charge is -2.50. The molecule has 0 bridgehead atoms. The quantitative estimate of drug-likeness (QED) is 0.666. The molecule has 0 radical (unpaired) electrons. The minimum absolute atomic E-state index is 0.554. The third-order valence-corrected chi connectivity index (χ3v) is 3.08. The minimum Gasteiger partial charge on any atom is -0.305 e. The van der Waals surface area contributed by atoms with Crippen LogP contribution < -0.4 is 0 Å². The Hall–Kier alpha value is -0.0800. The summed E-state index contributed by atoms with van der Waals surface area (Å²) in [5, 5.41) is 0. The highest BCUT2D eigenvalue weighted by Crippen LogP contribution is 2.30. The molecule has 2 heteroatoms. The molecule has 0 aliphatic carbocycles. The maximum atomic E-state index is 2.57. The van der Waals surface area contributed by atoms with E-state index < -0.39 is 0 Å². The lowest BCUT2D eigenvalue weighted by molar-refractivity contribution is -0.00849. The number of rotatable bonds is 6. The molecule has 1 aliphatic heterocycles. The van der Waals surface area contributed by atoms with Crippen molar-refractivity contribution in [3.05, 3.63) is 0 Å². The molecule has 0 atom stereocenters. The van der Waals surface area contributed by atoms with E-state index in [1.54, 1.807) is 0 Å². The van der Waals surface area contributed by atoms with E-state index in [9.17, 15) is 0 Å². The number of hydrogen-bond donors (Lipinski definition) is 0. The lowest BCUT2D eigenvalue weighted by Crippen LogP contribution is -2.59. The summed E-state index contributed by atoms with van der Waals surface area (Å²) in [5.41, 5.74) is 0.554. The van der Waals surface area contributed by atoms with E-state index in [4.69, 9.17) is 0 Å². The van der Waals surface area contributed by atoms with E-state index in [2.05, 4.69) is 44.5 Å². The van der Waals surface area contributed by atoms with Crippen LogP contribution in [-0.4, -0.2) is 49.6 Å². The van der Waals surface area contributed by atoms with Gasteiger partial charge in [-0.05, 0) is 25.9 Å². The highest BCUT2D eigenvalue weighted by Gasteiger charge is 2.38. The zero-order valence-electron chi connectivity index (χ0n) is 11.2. The number of hydrogen-bond acceptors (Lipinski definition) is 2. The van der Waals surface area contributed by atoms with Crippen LogP contribution in [0.5, 0.6) is 0 Å². The highest BCUT2D eigenvalue weighted by atomic mass is 15.2. The van der Waals surface area contributed by atoms with Gasteiger partial charge in [-0.25, -0.2) is 0 Å². The molecule has 0 aromatic rings. The Morgan fingerprint density at radius 2 is 1.93 bits per heavy atom. The van der Waals surface area contributed by atoms with Crippen molar-refractivity contribution in [2.75, 3.05) is 39.8 Å². The minimum atomic E-state index is 0.554. The fourth-order valence-electron chi connectivity index (χ4n) is 2.95. The summed E-state index contributed by atoms with van der Waals surface area (Å²) in [5.74, 6) is 0.783. The second-order valence-electron chi connectivity index (χ2n) is 6.11. The van der Waals surface area contributed by atoms with E-state index in [0.717, 1.165) is 5.92 Å². The van der Waals surface area contributed by atoms with Crippen molar-refractivity contribution in [1.82, 2.24) is 9.80 Å². The van der Waals surface area contributed by atoms with Crippen molar-refractivity contribution >= 4 is 0 Å². The van der Waals surface area contributed by atoms with Crippen molar-refractivity contribution in [2.45, 2.75) is 34.1 Å². The van der Waals surface area contributed by atoms with Crippen molar-refractivity contribution in [1.29, 1.82) is 0 Å². The van der Waals surface area contributed by atoms with Crippen LogP contribution in [0.1, 0.15) is 34.1 Å². The van der Waals surface area contributed by atoms with E-state index >= 15 is 0 Å². The van der Waals surface area contributed by atoms with Gasteiger partial charge in [-0.3, -0.25) is 0 Å². The third-order valence-electron chi connectivity index (χ3n) is 3.08. The second kappa shape index (κ2) is 5.31. The Balaban J connectivity index is 2.22. The normalized spacial score (nSPS) is 21.0. The Kier molecular flexibility index (Phi) is 4.60. The fourth-order valence-corrected chi connectivity index (χ4v) is 2.95. The van der Waals surface area contributed by atoms with Crippen molar-refractivity contribution in [2.24, 2.45) is 11.3 Å². The molecule has 0 spiro atoms. The van der Waals surface area contributed by atoms with Gasteiger partial charge in [-0.15, -0.1) is 0 Å². The molecule has 0 unspecified atom stereocenters. The van der Waals surface area contributed by atoms with Crippen LogP contribution in [0.3, 0.4) is 0 Å². The fraction of sp³-hybridized carbons (Fsp3) is 1.00. The van der Waals surface area contributed by atoms with Crippen LogP contribution >= 0.6 is 0 Å². The van der Waals surface area contributed by atoms with Gasteiger partial charge >= 0.3 is 0 Å². The van der Waals surface area contributed by atoms with E-state index in [0.29, 0.717) is 5.41 Å². The highest BCUT2D eigenvalue weighted by molar-refractivity contribution is 4.93. The van der Waals surface area contributed by atoms with Crippen LogP contribution in [0.15, 0.2) is 0 Å². The standard InChI is InChI=1S/C13H28N2/c1-6-7-15-10-13(4,11-15)9-14(5)8-12(2)3/h12H,6-11H2,1-5H3. The summed E-state index contributed by atoms with van der Waals surface area (Å²) in [6.07, 6.45) is 1.29. The monoisotopic (exact) mass is 212 g/mol. The smallest absolute Gasteiger partial charge is 0.00601 e. The van der Waals surface area contributed by atoms with Gasteiger partial charge < -0.3 is 9.80 Å². The van der Waals surface area contributed by atoms with Gasteiger partial charge in [0, 0.05) is 31.6 Å². The molecule has 0 saturated carbocycles. The van der Waals surface area contributed by atoms with Gasteiger partial charge in [0.2, 0.25) is 0 Å². The topological polar surface area (TPSA) is 6.48 Å². The summed E-state index contributed by atoms with van der Waals surface area (Å²) in [7, 11) is 2.26. The Morgan fingerprint density at radius 3 is 2.40 bits per heavy atom. The van der Waals surface area contributed by atoms with Gasteiger partial charge in [0.25, 0.3) is 0 Å². The SMILES string of the molecule is CCCN1CC(C)(CN(C)CC(C)C)C1. The molecule has 0 N–H and O–H groups in total. The molecular formula is C13H28N2. The zero-order valence-corrected chi connectivity index (χ0v) is 11.2. The average Bonchev–Trinajstić information content (AvgIpc) is 1.99. The van der Waals surface area contributed by atoms with E-state index in [1.807, 2.05) is 0 Å². The predicted molar refractivity (Wildman–Crippen MR) is 67.2 cm³/mol. The first-order valence-electron chi connectivity index (χ1n) is 6.36. The molecule has 1 rings (SSSR count). The summed E-state index contributed by atoms with van der Waals surface area (Å²) >= 11 is 0. The molecule has 15 heavy (non-hydrogen) atoms. The second-order valence-corrected chi connectivity index (χ2v) is 6.11. The molecule has 1 fully saturated rings. The lowest BCUT2D eigenvalue weighted by atomic mass is 9.81. The maximum Gasteiger partial charge on any atom is 0.00601 e. The van der Waals surface area contributed by atoms with Crippen LogP contribution in [0.2, 0.25) is 0 Å². The molecule has 1 aliphatic rings. The third kappa shape index (κ3) is 4.12. The Bertz CT molecular complexity index is 183. The summed E-state index contributed by atoms with van der Waals surface area (Å²) in [6.45, 7) is 15.6. The van der Waals surface area contributed by atoms with Crippen molar-refractivity contribution < 1.29 is 0 Å². The first-order valence-corrected chi connectivity index (χ1v) is 6.36. The first-order chi connectivity index (χ1) is 6.95. The van der Waals surface area contributed by atoms with Gasteiger partial charge in [0.15, 0.2) is 0 Å². The van der Waals surface area contributed by atoms with E-state index in [-0.39, 0.29) is 0 Å². The molecule has 1 heterocycles. The summed E-state index contributed by atoms with van der Waals surface area (Å²) in [6, 6.07) is 0. The molecule has 0 aromatic carbocycles. The molecule has 0 aromatic heterocycles. The predicted octanol–water partition coefficient (Wildman–Crippen LogP) is 2.31. The number of nitrogens with zero attached hydrogens (tertiary/aromatic N) is 2. The largest absolute Gasteiger partial charge is 0.305 e. The average molecular weight is 212 g/mol. The van der Waals surface area contributed by atoms with Gasteiger partial charge in [0.05, 0.1) is 0 Å². The van der Waals surface area contributed by atoms with Gasteiger partial charge in [-0.1, -0.05) is 27.7 Å². The van der Waals surface area contributed by atoms with Crippen LogP contribution in [0.25, 0.3) is 0 Å². The van der Waals surface area contributed by atoms with Crippen LogP contribution in [0.4, 0.5) is 0 Å². The number of likely N-dealkylation sites (tertiary alicyclic amines) is 1. The first kappa shape index (κ1) is 13.0. The molecule has 2 nitrogen and oxygen atoms in total.